The lowest BCUT2D eigenvalue weighted by atomic mass is 10.1. The van der Waals surface area contributed by atoms with E-state index in [1.807, 2.05) is 0 Å². The number of hydrogen-bond acceptors (Lipinski definition) is 2. The third kappa shape index (κ3) is 6.42. The van der Waals surface area contributed by atoms with Crippen LogP contribution < -0.4 is 10.1 Å². The molecule has 2 nitrogen and oxygen atoms in total. The summed E-state index contributed by atoms with van der Waals surface area (Å²) in [6.07, 6.45) is 6.40. The Labute approximate surface area is 124 Å². The highest BCUT2D eigenvalue weighted by atomic mass is 16.5. The topological polar surface area (TPSA) is 21.3 Å². The predicted molar refractivity (Wildman–Crippen MR) is 87.4 cm³/mol. The first-order chi connectivity index (χ1) is 9.65. The standard InChI is InChI=1S/C18H31NO/c1-5-6-7-8-9-13-20-18-16(4)11-10-12-17(18)14-19-15(2)3/h10-12,15,19H,5-9,13-14H2,1-4H3. The van der Waals surface area contributed by atoms with Crippen LogP contribution in [-0.2, 0) is 6.54 Å². The van der Waals surface area contributed by atoms with E-state index in [0.29, 0.717) is 6.04 Å². The lowest BCUT2D eigenvalue weighted by Crippen LogP contribution is -2.22. The summed E-state index contributed by atoms with van der Waals surface area (Å²) in [7, 11) is 0. The van der Waals surface area contributed by atoms with Gasteiger partial charge in [-0.05, 0) is 18.9 Å². The van der Waals surface area contributed by atoms with E-state index < -0.39 is 0 Å². The van der Waals surface area contributed by atoms with Gasteiger partial charge in [0.1, 0.15) is 5.75 Å². The van der Waals surface area contributed by atoms with Crippen LogP contribution in [0.4, 0.5) is 0 Å². The van der Waals surface area contributed by atoms with Crippen molar-refractivity contribution in [1.82, 2.24) is 5.32 Å². The van der Waals surface area contributed by atoms with Crippen molar-refractivity contribution in [3.63, 3.8) is 0 Å². The van der Waals surface area contributed by atoms with Gasteiger partial charge in [-0.25, -0.2) is 0 Å². The largest absolute Gasteiger partial charge is 0.493 e. The van der Waals surface area contributed by atoms with E-state index in [9.17, 15) is 0 Å². The first-order valence-electron chi connectivity index (χ1n) is 8.09. The Hall–Kier alpha value is -1.02. The smallest absolute Gasteiger partial charge is 0.126 e. The molecule has 0 saturated heterocycles. The minimum absolute atomic E-state index is 0.498. The Morgan fingerprint density at radius 1 is 1.10 bits per heavy atom. The zero-order chi connectivity index (χ0) is 14.8. The van der Waals surface area contributed by atoms with E-state index in [4.69, 9.17) is 4.74 Å². The summed E-state index contributed by atoms with van der Waals surface area (Å²) in [5.41, 5.74) is 2.51. The Kier molecular flexibility index (Phi) is 8.36. The number of nitrogens with one attached hydrogen (secondary N) is 1. The van der Waals surface area contributed by atoms with E-state index in [0.717, 1.165) is 25.3 Å². The molecule has 0 bridgehead atoms. The molecule has 0 aromatic heterocycles. The van der Waals surface area contributed by atoms with Crippen LogP contribution in [0.5, 0.6) is 5.75 Å². The zero-order valence-corrected chi connectivity index (χ0v) is 13.7. The third-order valence-corrected chi connectivity index (χ3v) is 3.49. The van der Waals surface area contributed by atoms with Gasteiger partial charge in [-0.1, -0.05) is 64.7 Å². The molecule has 0 atom stereocenters. The average Bonchev–Trinajstić information content (AvgIpc) is 2.42. The van der Waals surface area contributed by atoms with Crippen LogP contribution in [0.1, 0.15) is 64.0 Å². The first-order valence-corrected chi connectivity index (χ1v) is 8.09. The van der Waals surface area contributed by atoms with E-state index in [2.05, 4.69) is 51.2 Å². The number of para-hydroxylation sites is 1. The van der Waals surface area contributed by atoms with Crippen LogP contribution in [0.15, 0.2) is 18.2 Å². The van der Waals surface area contributed by atoms with Gasteiger partial charge in [0.05, 0.1) is 6.61 Å². The summed E-state index contributed by atoms with van der Waals surface area (Å²) >= 11 is 0. The van der Waals surface area contributed by atoms with Crippen LogP contribution in [0.25, 0.3) is 0 Å². The van der Waals surface area contributed by atoms with Gasteiger partial charge in [0, 0.05) is 18.2 Å². The number of rotatable bonds is 10. The maximum absolute atomic E-state index is 6.04. The van der Waals surface area contributed by atoms with Crippen molar-refractivity contribution in [2.24, 2.45) is 0 Å². The summed E-state index contributed by atoms with van der Waals surface area (Å²) in [6.45, 7) is 10.4. The minimum atomic E-state index is 0.498. The molecule has 1 rings (SSSR count). The van der Waals surface area contributed by atoms with Crippen molar-refractivity contribution in [2.45, 2.75) is 72.4 Å². The summed E-state index contributed by atoms with van der Waals surface area (Å²) in [5.74, 6) is 1.08. The first kappa shape index (κ1) is 17.0. The minimum Gasteiger partial charge on any atom is -0.493 e. The van der Waals surface area contributed by atoms with Gasteiger partial charge in [-0.3, -0.25) is 0 Å². The second kappa shape index (κ2) is 9.82. The predicted octanol–water partition coefficient (Wildman–Crippen LogP) is 4.84. The molecule has 0 heterocycles. The van der Waals surface area contributed by atoms with Crippen molar-refractivity contribution in [3.8, 4) is 5.75 Å². The lowest BCUT2D eigenvalue weighted by Gasteiger charge is -2.16. The van der Waals surface area contributed by atoms with Crippen LogP contribution >= 0.6 is 0 Å². The average molecular weight is 277 g/mol. The molecule has 0 radical (unpaired) electrons. The van der Waals surface area contributed by atoms with Crippen molar-refractivity contribution in [2.75, 3.05) is 6.61 Å². The van der Waals surface area contributed by atoms with E-state index in [1.54, 1.807) is 0 Å². The van der Waals surface area contributed by atoms with Crippen molar-refractivity contribution in [1.29, 1.82) is 0 Å². The molecular formula is C18H31NO. The van der Waals surface area contributed by atoms with Crippen LogP contribution in [-0.4, -0.2) is 12.6 Å². The fraction of sp³-hybridized carbons (Fsp3) is 0.667. The monoisotopic (exact) mass is 277 g/mol. The highest BCUT2D eigenvalue weighted by Gasteiger charge is 2.07. The Morgan fingerprint density at radius 3 is 2.55 bits per heavy atom. The molecule has 0 amide bonds. The Bertz CT molecular complexity index is 374. The highest BCUT2D eigenvalue weighted by molar-refractivity contribution is 5.40. The van der Waals surface area contributed by atoms with Crippen molar-refractivity contribution >= 4 is 0 Å². The van der Waals surface area contributed by atoms with Gasteiger partial charge in [0.25, 0.3) is 0 Å². The summed E-state index contributed by atoms with van der Waals surface area (Å²) in [6, 6.07) is 6.90. The third-order valence-electron chi connectivity index (χ3n) is 3.49. The van der Waals surface area contributed by atoms with Gasteiger partial charge in [-0.15, -0.1) is 0 Å². The number of unbranched alkanes of at least 4 members (excludes halogenated alkanes) is 4. The molecule has 0 spiro atoms. The van der Waals surface area contributed by atoms with Crippen molar-refractivity contribution in [3.05, 3.63) is 29.3 Å². The molecule has 20 heavy (non-hydrogen) atoms. The van der Waals surface area contributed by atoms with Crippen LogP contribution in [0.3, 0.4) is 0 Å². The lowest BCUT2D eigenvalue weighted by molar-refractivity contribution is 0.298. The maximum Gasteiger partial charge on any atom is 0.126 e. The molecule has 1 aromatic carbocycles. The number of aryl methyl sites for hydroxylation is 1. The summed E-state index contributed by atoms with van der Waals surface area (Å²) < 4.78 is 6.04. The van der Waals surface area contributed by atoms with E-state index >= 15 is 0 Å². The molecule has 114 valence electrons. The number of ether oxygens (including phenoxy) is 1. The number of benzene rings is 1. The molecule has 0 aliphatic rings. The van der Waals surface area contributed by atoms with Crippen LogP contribution in [0, 0.1) is 6.92 Å². The summed E-state index contributed by atoms with van der Waals surface area (Å²) in [4.78, 5) is 0. The van der Waals surface area contributed by atoms with Crippen LogP contribution in [0.2, 0.25) is 0 Å². The Morgan fingerprint density at radius 2 is 1.85 bits per heavy atom. The SMILES string of the molecule is CCCCCCCOc1c(C)cccc1CNC(C)C. The van der Waals surface area contributed by atoms with Gasteiger partial charge < -0.3 is 10.1 Å². The Balaban J connectivity index is 2.46. The molecule has 0 unspecified atom stereocenters. The highest BCUT2D eigenvalue weighted by Crippen LogP contribution is 2.24. The van der Waals surface area contributed by atoms with E-state index in [-0.39, 0.29) is 0 Å². The molecule has 0 aliphatic carbocycles. The molecular weight excluding hydrogens is 246 g/mol. The van der Waals surface area contributed by atoms with Gasteiger partial charge in [0.2, 0.25) is 0 Å². The normalized spacial score (nSPS) is 11.1. The van der Waals surface area contributed by atoms with Gasteiger partial charge in [0.15, 0.2) is 0 Å². The fourth-order valence-electron chi connectivity index (χ4n) is 2.25. The van der Waals surface area contributed by atoms with Crippen molar-refractivity contribution < 1.29 is 4.74 Å². The molecule has 1 aromatic rings. The van der Waals surface area contributed by atoms with Gasteiger partial charge >= 0.3 is 0 Å². The molecule has 0 fully saturated rings. The molecule has 0 saturated carbocycles. The fourth-order valence-corrected chi connectivity index (χ4v) is 2.25. The quantitative estimate of drug-likeness (QED) is 0.618. The second-order valence-corrected chi connectivity index (χ2v) is 5.86. The molecule has 1 N–H and O–H groups in total. The molecule has 0 aliphatic heterocycles. The number of hydrogen-bond donors (Lipinski definition) is 1. The summed E-state index contributed by atoms with van der Waals surface area (Å²) in [5, 5.41) is 3.47. The van der Waals surface area contributed by atoms with E-state index in [1.165, 1.54) is 36.8 Å². The zero-order valence-electron chi connectivity index (χ0n) is 13.7. The van der Waals surface area contributed by atoms with Gasteiger partial charge in [-0.2, -0.15) is 0 Å². The second-order valence-electron chi connectivity index (χ2n) is 5.86. The molecule has 2 heteroatoms. The maximum atomic E-state index is 6.04.